The Labute approximate surface area is 120 Å². The molecule has 1 unspecified atom stereocenters. The first-order chi connectivity index (χ1) is 9.60. The molecule has 1 amide bonds. The molecule has 2 heterocycles. The minimum Gasteiger partial charge on any atom is -0.352 e. The second-order valence-electron chi connectivity index (χ2n) is 5.69. The summed E-state index contributed by atoms with van der Waals surface area (Å²) in [6, 6.07) is 4.07. The maximum absolute atomic E-state index is 12.1. The molecule has 5 heteroatoms. The zero-order chi connectivity index (χ0) is 14.5. The summed E-state index contributed by atoms with van der Waals surface area (Å²) in [5.41, 5.74) is 6.91. The lowest BCUT2D eigenvalue weighted by Crippen LogP contribution is -2.33. The fourth-order valence-corrected chi connectivity index (χ4v) is 2.57. The van der Waals surface area contributed by atoms with Gasteiger partial charge in [-0.2, -0.15) is 0 Å². The summed E-state index contributed by atoms with van der Waals surface area (Å²) < 4.78 is 0. The van der Waals surface area contributed by atoms with Crippen molar-refractivity contribution in [3.8, 4) is 0 Å². The summed E-state index contributed by atoms with van der Waals surface area (Å²) in [6.45, 7) is 7.72. The average molecular weight is 276 g/mol. The molecule has 3 N–H and O–H groups in total. The van der Waals surface area contributed by atoms with Gasteiger partial charge in [-0.1, -0.05) is 0 Å². The molecule has 110 valence electrons. The zero-order valence-electron chi connectivity index (χ0n) is 12.3. The fraction of sp³-hybridized carbons (Fsp3) is 0.600. The van der Waals surface area contributed by atoms with E-state index in [2.05, 4.69) is 29.0 Å². The van der Waals surface area contributed by atoms with Crippen LogP contribution in [0.1, 0.15) is 36.3 Å². The number of carbonyl (C=O) groups excluding carboxylic acids is 1. The molecule has 0 aliphatic carbocycles. The summed E-state index contributed by atoms with van der Waals surface area (Å²) in [5, 5.41) is 3.02. The third kappa shape index (κ3) is 3.77. The highest BCUT2D eigenvalue weighted by molar-refractivity contribution is 5.94. The molecule has 1 aliphatic rings. The molecule has 1 aliphatic heterocycles. The molecule has 0 bridgehead atoms. The van der Waals surface area contributed by atoms with Gasteiger partial charge in [-0.3, -0.25) is 9.78 Å². The highest BCUT2D eigenvalue weighted by Gasteiger charge is 2.24. The number of rotatable bonds is 5. The van der Waals surface area contributed by atoms with E-state index in [9.17, 15) is 4.79 Å². The lowest BCUT2D eigenvalue weighted by Gasteiger charge is -2.20. The monoisotopic (exact) mass is 276 g/mol. The summed E-state index contributed by atoms with van der Waals surface area (Å²) in [5.74, 6) is 0.516. The molecule has 1 fully saturated rings. The van der Waals surface area contributed by atoms with Crippen molar-refractivity contribution < 1.29 is 4.79 Å². The maximum Gasteiger partial charge on any atom is 0.251 e. The first kappa shape index (κ1) is 14.9. The molecular formula is C15H24N4O. The van der Waals surface area contributed by atoms with E-state index in [1.54, 1.807) is 18.3 Å². The van der Waals surface area contributed by atoms with Crippen molar-refractivity contribution in [1.82, 2.24) is 15.2 Å². The van der Waals surface area contributed by atoms with Gasteiger partial charge in [0.05, 0.1) is 5.69 Å². The predicted molar refractivity (Wildman–Crippen MR) is 79.3 cm³/mol. The maximum atomic E-state index is 12.1. The minimum absolute atomic E-state index is 0.0369. The van der Waals surface area contributed by atoms with Gasteiger partial charge in [0, 0.05) is 37.4 Å². The standard InChI is InChI=1S/C15H24N4O/c1-11(2)19-6-4-12(10-19)9-18-15(20)13-3-5-17-14(7-13)8-16/h3,5,7,11-12H,4,6,8-10,16H2,1-2H3,(H,18,20). The van der Waals surface area contributed by atoms with Crippen LogP contribution in [0.5, 0.6) is 0 Å². The van der Waals surface area contributed by atoms with Crippen LogP contribution in [-0.4, -0.2) is 41.5 Å². The number of hydrogen-bond donors (Lipinski definition) is 2. The van der Waals surface area contributed by atoms with Crippen LogP contribution < -0.4 is 11.1 Å². The van der Waals surface area contributed by atoms with E-state index >= 15 is 0 Å². The van der Waals surface area contributed by atoms with Gasteiger partial charge < -0.3 is 16.0 Å². The van der Waals surface area contributed by atoms with Crippen LogP contribution in [0.3, 0.4) is 0 Å². The summed E-state index contributed by atoms with van der Waals surface area (Å²) in [6.07, 6.45) is 2.79. The largest absolute Gasteiger partial charge is 0.352 e. The SMILES string of the molecule is CC(C)N1CCC(CNC(=O)c2ccnc(CN)c2)C1. The van der Waals surface area contributed by atoms with Gasteiger partial charge in [0.1, 0.15) is 0 Å². The van der Waals surface area contributed by atoms with Crippen LogP contribution in [0, 0.1) is 5.92 Å². The molecule has 5 nitrogen and oxygen atoms in total. The second-order valence-corrected chi connectivity index (χ2v) is 5.69. The molecule has 2 rings (SSSR count). The quantitative estimate of drug-likeness (QED) is 0.841. The van der Waals surface area contributed by atoms with Crippen LogP contribution in [0.2, 0.25) is 0 Å². The molecule has 0 aromatic carbocycles. The van der Waals surface area contributed by atoms with Crippen LogP contribution in [0.15, 0.2) is 18.3 Å². The highest BCUT2D eigenvalue weighted by Crippen LogP contribution is 2.17. The van der Waals surface area contributed by atoms with E-state index in [-0.39, 0.29) is 5.91 Å². The molecular weight excluding hydrogens is 252 g/mol. The van der Waals surface area contributed by atoms with Crippen molar-refractivity contribution in [3.05, 3.63) is 29.6 Å². The number of pyridine rings is 1. The number of aromatic nitrogens is 1. The van der Waals surface area contributed by atoms with Crippen molar-refractivity contribution in [2.75, 3.05) is 19.6 Å². The number of nitrogens with zero attached hydrogens (tertiary/aromatic N) is 2. The van der Waals surface area contributed by atoms with Gasteiger partial charge in [0.15, 0.2) is 0 Å². The summed E-state index contributed by atoms with van der Waals surface area (Å²) >= 11 is 0. The van der Waals surface area contributed by atoms with Gasteiger partial charge in [-0.05, 0) is 44.9 Å². The fourth-order valence-electron chi connectivity index (χ4n) is 2.57. The van der Waals surface area contributed by atoms with E-state index in [1.807, 2.05) is 0 Å². The van der Waals surface area contributed by atoms with Crippen LogP contribution in [-0.2, 0) is 6.54 Å². The topological polar surface area (TPSA) is 71.2 Å². The van der Waals surface area contributed by atoms with Crippen LogP contribution in [0.4, 0.5) is 0 Å². The van der Waals surface area contributed by atoms with Crippen molar-refractivity contribution >= 4 is 5.91 Å². The number of likely N-dealkylation sites (tertiary alicyclic amines) is 1. The average Bonchev–Trinajstić information content (AvgIpc) is 2.94. The Morgan fingerprint density at radius 3 is 3.05 bits per heavy atom. The minimum atomic E-state index is -0.0369. The second kappa shape index (κ2) is 6.81. The number of hydrogen-bond acceptors (Lipinski definition) is 4. The Balaban J connectivity index is 1.83. The Morgan fingerprint density at radius 2 is 2.40 bits per heavy atom. The van der Waals surface area contributed by atoms with Crippen molar-refractivity contribution in [1.29, 1.82) is 0 Å². The lowest BCUT2D eigenvalue weighted by molar-refractivity contribution is 0.0947. The summed E-state index contributed by atoms with van der Waals surface area (Å²) in [4.78, 5) is 18.6. The smallest absolute Gasteiger partial charge is 0.251 e. The number of amides is 1. The van der Waals surface area contributed by atoms with Gasteiger partial charge in [-0.25, -0.2) is 0 Å². The number of carbonyl (C=O) groups is 1. The van der Waals surface area contributed by atoms with Crippen molar-refractivity contribution in [3.63, 3.8) is 0 Å². The number of nitrogens with one attached hydrogen (secondary N) is 1. The van der Waals surface area contributed by atoms with E-state index in [1.165, 1.54) is 0 Å². The molecule has 0 spiro atoms. The van der Waals surface area contributed by atoms with Crippen LogP contribution in [0.25, 0.3) is 0 Å². The Morgan fingerprint density at radius 1 is 1.60 bits per heavy atom. The number of nitrogens with two attached hydrogens (primary N) is 1. The molecule has 0 saturated carbocycles. The first-order valence-corrected chi connectivity index (χ1v) is 7.27. The third-order valence-electron chi connectivity index (χ3n) is 3.89. The van der Waals surface area contributed by atoms with E-state index in [0.29, 0.717) is 24.1 Å². The first-order valence-electron chi connectivity index (χ1n) is 7.27. The van der Waals surface area contributed by atoms with Crippen molar-refractivity contribution in [2.45, 2.75) is 32.9 Å². The van der Waals surface area contributed by atoms with Gasteiger partial charge >= 0.3 is 0 Å². The molecule has 1 saturated heterocycles. The van der Waals surface area contributed by atoms with E-state index in [0.717, 1.165) is 31.7 Å². The highest BCUT2D eigenvalue weighted by atomic mass is 16.1. The van der Waals surface area contributed by atoms with Gasteiger partial charge in [0.2, 0.25) is 0 Å². The molecule has 1 aromatic heterocycles. The van der Waals surface area contributed by atoms with Crippen molar-refractivity contribution in [2.24, 2.45) is 11.7 Å². The summed E-state index contributed by atoms with van der Waals surface area (Å²) in [7, 11) is 0. The van der Waals surface area contributed by atoms with Gasteiger partial charge in [0.25, 0.3) is 5.91 Å². The van der Waals surface area contributed by atoms with E-state index in [4.69, 9.17) is 5.73 Å². The molecule has 20 heavy (non-hydrogen) atoms. The molecule has 1 aromatic rings. The van der Waals surface area contributed by atoms with E-state index < -0.39 is 0 Å². The third-order valence-corrected chi connectivity index (χ3v) is 3.89. The Bertz CT molecular complexity index is 461. The lowest BCUT2D eigenvalue weighted by atomic mass is 10.1. The van der Waals surface area contributed by atoms with Gasteiger partial charge in [-0.15, -0.1) is 0 Å². The Hall–Kier alpha value is -1.46. The predicted octanol–water partition coefficient (Wildman–Crippen LogP) is 1.00. The molecule has 0 radical (unpaired) electrons. The molecule has 1 atom stereocenters. The van der Waals surface area contributed by atoms with Crippen LogP contribution >= 0.6 is 0 Å². The zero-order valence-corrected chi connectivity index (χ0v) is 12.3. The Kier molecular flexibility index (Phi) is 5.09. The normalized spacial score (nSPS) is 19.5.